The van der Waals surface area contributed by atoms with Crippen LogP contribution in [0.4, 0.5) is 25.0 Å². The minimum absolute atomic E-state index is 0.173. The van der Waals surface area contributed by atoms with Crippen LogP contribution in [0.25, 0.3) is 16.9 Å². The highest BCUT2D eigenvalue weighted by Gasteiger charge is 2.26. The second-order valence-corrected chi connectivity index (χ2v) is 9.05. The van der Waals surface area contributed by atoms with Gasteiger partial charge in [-0.1, -0.05) is 0 Å². The van der Waals surface area contributed by atoms with Gasteiger partial charge < -0.3 is 15.2 Å². The number of hydrogen-bond donors (Lipinski definition) is 1. The van der Waals surface area contributed by atoms with E-state index in [2.05, 4.69) is 15.3 Å². The summed E-state index contributed by atoms with van der Waals surface area (Å²) in [5.74, 6) is -1.06. The number of fused-ring (bicyclic) bond motifs is 1. The van der Waals surface area contributed by atoms with Gasteiger partial charge in [-0.25, -0.2) is 13.6 Å². The van der Waals surface area contributed by atoms with E-state index in [1.165, 1.54) is 15.5 Å². The van der Waals surface area contributed by atoms with Crippen molar-refractivity contribution in [2.45, 2.75) is 40.2 Å². The molecule has 0 unspecified atom stereocenters. The molecule has 0 spiro atoms. The quantitative estimate of drug-likeness (QED) is 0.363. The molecule has 9 nitrogen and oxygen atoms in total. The van der Waals surface area contributed by atoms with Crippen LogP contribution >= 0.6 is 0 Å². The molecule has 0 bridgehead atoms. The molecule has 11 heteroatoms. The molecule has 36 heavy (non-hydrogen) atoms. The van der Waals surface area contributed by atoms with Gasteiger partial charge in [-0.3, -0.25) is 4.90 Å². The second kappa shape index (κ2) is 9.40. The number of nitrogens with zero attached hydrogens (tertiary/aromatic N) is 5. The summed E-state index contributed by atoms with van der Waals surface area (Å²) in [6, 6.07) is 9.41. The summed E-state index contributed by atoms with van der Waals surface area (Å²) in [4.78, 5) is 14.4. The van der Waals surface area contributed by atoms with E-state index in [0.29, 0.717) is 34.1 Å². The highest BCUT2D eigenvalue weighted by atomic mass is 19.1. The zero-order valence-electron chi connectivity index (χ0n) is 20.5. The molecule has 0 fully saturated rings. The van der Waals surface area contributed by atoms with Gasteiger partial charge in [-0.05, 0) is 71.0 Å². The zero-order chi connectivity index (χ0) is 26.2. The first-order valence-electron chi connectivity index (χ1n) is 11.2. The number of amides is 1. The predicted molar refractivity (Wildman–Crippen MR) is 131 cm³/mol. The molecule has 188 valence electrons. The number of aromatic nitrogens is 4. The predicted octanol–water partition coefficient (Wildman–Crippen LogP) is 5.51. The van der Waals surface area contributed by atoms with E-state index in [1.807, 2.05) is 0 Å². The Morgan fingerprint density at radius 1 is 1.08 bits per heavy atom. The molecule has 0 radical (unpaired) electrons. The number of hydrogen-bond acceptors (Lipinski definition) is 7. The van der Waals surface area contributed by atoms with Crippen molar-refractivity contribution in [1.29, 1.82) is 0 Å². The molecule has 0 saturated heterocycles. The second-order valence-electron chi connectivity index (χ2n) is 9.05. The summed E-state index contributed by atoms with van der Waals surface area (Å²) >= 11 is 0. The van der Waals surface area contributed by atoms with Crippen LogP contribution in [0.1, 0.15) is 33.5 Å². The molecule has 4 aromatic rings. The summed E-state index contributed by atoms with van der Waals surface area (Å²) in [6.45, 7) is 9.13. The summed E-state index contributed by atoms with van der Waals surface area (Å²) in [5.41, 5.74) is 7.25. The number of halogens is 2. The van der Waals surface area contributed by atoms with E-state index < -0.39 is 23.3 Å². The van der Waals surface area contributed by atoms with Gasteiger partial charge in [0.15, 0.2) is 17.4 Å². The lowest BCUT2D eigenvalue weighted by atomic mass is 10.1. The summed E-state index contributed by atoms with van der Waals surface area (Å²) in [6.07, 6.45) is -0.567. The van der Waals surface area contributed by atoms with Gasteiger partial charge in [0.25, 0.3) is 0 Å². The van der Waals surface area contributed by atoms with Crippen LogP contribution in [0, 0.1) is 18.6 Å². The van der Waals surface area contributed by atoms with Crippen molar-refractivity contribution in [3.63, 3.8) is 0 Å². The lowest BCUT2D eigenvalue weighted by Crippen LogP contribution is -2.37. The Bertz CT molecular complexity index is 1450. The van der Waals surface area contributed by atoms with Gasteiger partial charge in [0, 0.05) is 23.9 Å². The van der Waals surface area contributed by atoms with Crippen molar-refractivity contribution in [3.8, 4) is 22.8 Å². The topological polar surface area (TPSA) is 108 Å². The first-order chi connectivity index (χ1) is 17.0. The number of rotatable bonds is 5. The maximum Gasteiger partial charge on any atom is 0.414 e. The fourth-order valence-corrected chi connectivity index (χ4v) is 3.53. The Kier molecular flexibility index (Phi) is 6.49. The first-order valence-corrected chi connectivity index (χ1v) is 11.2. The van der Waals surface area contributed by atoms with Gasteiger partial charge >= 0.3 is 6.09 Å². The number of nitrogens with two attached hydrogens (primary N) is 1. The fraction of sp³-hybridized carbons (Fsp3) is 0.280. The zero-order valence-corrected chi connectivity index (χ0v) is 20.5. The van der Waals surface area contributed by atoms with Crippen LogP contribution in [-0.2, 0) is 4.74 Å². The fourth-order valence-electron chi connectivity index (χ4n) is 3.53. The molecule has 0 atom stereocenters. The number of benzene rings is 2. The van der Waals surface area contributed by atoms with E-state index in [9.17, 15) is 13.6 Å². The SMILES string of the molecule is CCN(C(=O)OC(C)(C)C)c1cc(-c2cc(N)ccc2Oc2ccc(F)cc2F)nn2c(C)nnc12. The Hall–Kier alpha value is -4.28. The number of carbonyl (C=O) groups excluding carboxylic acids is 1. The molecule has 2 aromatic carbocycles. The summed E-state index contributed by atoms with van der Waals surface area (Å²) < 4.78 is 40.6. The number of ether oxygens (including phenoxy) is 2. The monoisotopic (exact) mass is 496 g/mol. The van der Waals surface area contributed by atoms with Crippen molar-refractivity contribution < 1.29 is 23.0 Å². The van der Waals surface area contributed by atoms with E-state index in [-0.39, 0.29) is 18.0 Å². The third-order valence-corrected chi connectivity index (χ3v) is 5.12. The van der Waals surface area contributed by atoms with Gasteiger partial charge in [0.05, 0.1) is 11.4 Å². The summed E-state index contributed by atoms with van der Waals surface area (Å²) in [5, 5.41) is 12.9. The molecule has 0 aliphatic rings. The number of nitrogen functional groups attached to an aromatic ring is 1. The van der Waals surface area contributed by atoms with Gasteiger partial charge in [0.1, 0.15) is 17.2 Å². The Morgan fingerprint density at radius 2 is 1.81 bits per heavy atom. The van der Waals surface area contributed by atoms with Crippen LogP contribution < -0.4 is 15.4 Å². The smallest absolute Gasteiger partial charge is 0.414 e. The minimum atomic E-state index is -0.862. The van der Waals surface area contributed by atoms with Crippen LogP contribution in [0.5, 0.6) is 11.5 Å². The maximum atomic E-state index is 14.3. The van der Waals surface area contributed by atoms with E-state index in [0.717, 1.165) is 12.1 Å². The Morgan fingerprint density at radius 3 is 2.47 bits per heavy atom. The van der Waals surface area contributed by atoms with Crippen molar-refractivity contribution in [2.24, 2.45) is 0 Å². The lowest BCUT2D eigenvalue weighted by Gasteiger charge is -2.27. The van der Waals surface area contributed by atoms with Crippen LogP contribution in [-0.4, -0.2) is 38.1 Å². The van der Waals surface area contributed by atoms with Crippen molar-refractivity contribution in [1.82, 2.24) is 19.8 Å². The molecule has 1 amide bonds. The van der Waals surface area contributed by atoms with E-state index in [1.54, 1.807) is 58.9 Å². The third kappa shape index (κ3) is 5.04. The van der Waals surface area contributed by atoms with Gasteiger partial charge in [0.2, 0.25) is 5.65 Å². The number of aryl methyl sites for hydroxylation is 1. The van der Waals surface area contributed by atoms with Gasteiger partial charge in [-0.2, -0.15) is 9.61 Å². The van der Waals surface area contributed by atoms with E-state index in [4.69, 9.17) is 15.2 Å². The normalized spacial score (nSPS) is 11.5. The standard InChI is InChI=1S/C25H26F2N6O3/c1-6-32(24(34)36-25(3,4)5)20-13-19(31-33-14(2)29-30-23(20)33)17-12-16(28)8-10-21(17)35-22-9-7-15(26)11-18(22)27/h7-13H,6,28H2,1-5H3. The van der Waals surface area contributed by atoms with Crippen LogP contribution in [0.15, 0.2) is 42.5 Å². The van der Waals surface area contributed by atoms with E-state index >= 15 is 0 Å². The molecule has 2 heterocycles. The lowest BCUT2D eigenvalue weighted by molar-refractivity contribution is 0.0582. The molecule has 2 aromatic heterocycles. The maximum absolute atomic E-state index is 14.3. The molecular formula is C25H26F2N6O3. The molecular weight excluding hydrogens is 470 g/mol. The molecule has 2 N–H and O–H groups in total. The first kappa shape index (κ1) is 24.8. The molecule has 0 aliphatic heterocycles. The highest BCUT2D eigenvalue weighted by Crippen LogP contribution is 2.37. The largest absolute Gasteiger partial charge is 0.454 e. The molecule has 4 rings (SSSR count). The van der Waals surface area contributed by atoms with Crippen molar-refractivity contribution in [2.75, 3.05) is 17.2 Å². The van der Waals surface area contributed by atoms with Crippen molar-refractivity contribution >= 4 is 23.1 Å². The highest BCUT2D eigenvalue weighted by molar-refractivity contribution is 5.93. The minimum Gasteiger partial charge on any atom is -0.454 e. The third-order valence-electron chi connectivity index (χ3n) is 5.12. The molecule has 0 saturated carbocycles. The number of carbonyl (C=O) groups is 1. The Balaban J connectivity index is 1.88. The average molecular weight is 497 g/mol. The number of anilines is 2. The van der Waals surface area contributed by atoms with Gasteiger partial charge in [-0.15, -0.1) is 10.2 Å². The average Bonchev–Trinajstić information content (AvgIpc) is 3.16. The Labute approximate surface area is 206 Å². The van der Waals surface area contributed by atoms with Crippen LogP contribution in [0.3, 0.4) is 0 Å². The summed E-state index contributed by atoms with van der Waals surface area (Å²) in [7, 11) is 0. The van der Waals surface area contributed by atoms with Crippen LogP contribution in [0.2, 0.25) is 0 Å². The molecule has 0 aliphatic carbocycles. The van der Waals surface area contributed by atoms with Crippen molar-refractivity contribution in [3.05, 3.63) is 59.9 Å².